The fourth-order valence-electron chi connectivity index (χ4n) is 3.38. The van der Waals surface area contributed by atoms with Crippen LogP contribution in [0, 0.1) is 6.92 Å². The van der Waals surface area contributed by atoms with Gasteiger partial charge in [0.1, 0.15) is 0 Å². The van der Waals surface area contributed by atoms with Gasteiger partial charge < -0.3 is 0 Å². The minimum Gasteiger partial charge on any atom is -0.274 e. The maximum atomic E-state index is 12.2. The zero-order chi connectivity index (χ0) is 18.8. The zero-order valence-corrected chi connectivity index (χ0v) is 17.2. The lowest BCUT2D eigenvalue weighted by molar-refractivity contribution is -0.115. The Labute approximate surface area is 168 Å². The van der Waals surface area contributed by atoms with Crippen molar-refractivity contribution in [2.24, 2.45) is 0 Å². The first-order chi connectivity index (χ1) is 13.1. The summed E-state index contributed by atoms with van der Waals surface area (Å²) in [5, 5.41) is 2.79. The normalized spacial score (nSPS) is 12.8. The first kappa shape index (κ1) is 18.3. The van der Waals surface area contributed by atoms with Crippen LogP contribution in [0.2, 0.25) is 0 Å². The lowest BCUT2D eigenvalue weighted by Crippen LogP contribution is -2.22. The van der Waals surface area contributed by atoms with E-state index in [0.29, 0.717) is 0 Å². The molecule has 1 aromatic heterocycles. The van der Waals surface area contributed by atoms with Gasteiger partial charge in [-0.05, 0) is 61.6 Å². The summed E-state index contributed by atoms with van der Waals surface area (Å²) < 4.78 is 0. The summed E-state index contributed by atoms with van der Waals surface area (Å²) in [6.45, 7) is 3.62. The summed E-state index contributed by atoms with van der Waals surface area (Å²) in [5.41, 5.74) is 6.05. The van der Waals surface area contributed by atoms with Gasteiger partial charge in [-0.1, -0.05) is 23.8 Å². The first-order valence-corrected chi connectivity index (χ1v) is 11.0. The predicted molar refractivity (Wildman–Crippen MR) is 114 cm³/mol. The molecule has 4 rings (SSSR count). The summed E-state index contributed by atoms with van der Waals surface area (Å²) >= 11 is 3.33. The molecule has 1 aliphatic carbocycles. The molecule has 0 fully saturated rings. The number of rotatable bonds is 5. The minimum atomic E-state index is -0.0222. The maximum absolute atomic E-state index is 12.2. The van der Waals surface area contributed by atoms with E-state index in [1.54, 1.807) is 11.8 Å². The van der Waals surface area contributed by atoms with Gasteiger partial charge in [-0.25, -0.2) is 4.98 Å². The van der Waals surface area contributed by atoms with E-state index in [1.165, 1.54) is 52.2 Å². The van der Waals surface area contributed by atoms with Crippen LogP contribution in [-0.4, -0.2) is 10.9 Å². The van der Waals surface area contributed by atoms with E-state index in [9.17, 15) is 4.79 Å². The van der Waals surface area contributed by atoms with Crippen LogP contribution in [0.5, 0.6) is 0 Å². The van der Waals surface area contributed by atoms with Gasteiger partial charge in [-0.15, -0.1) is 23.1 Å². The number of thioether (sulfide) groups is 1. The third-order valence-corrected chi connectivity index (χ3v) is 6.70. The van der Waals surface area contributed by atoms with Crippen molar-refractivity contribution in [3.63, 3.8) is 0 Å². The summed E-state index contributed by atoms with van der Waals surface area (Å²) in [4.78, 5) is 19.9. The summed E-state index contributed by atoms with van der Waals surface area (Å²) in [6, 6.07) is 14.8. The predicted octanol–water partition coefficient (Wildman–Crippen LogP) is 5.92. The van der Waals surface area contributed by atoms with Crippen molar-refractivity contribution in [1.82, 2.24) is 4.98 Å². The van der Waals surface area contributed by atoms with Gasteiger partial charge in [0.25, 0.3) is 0 Å². The standard InChI is InChI=1S/C22H22N2OS2/c1-15-6-9-20(10-7-15)24(16(2)25)22-23-19(14-27-22)13-26-21-11-8-17-4-3-5-18(17)12-21/h6-12,14H,3-5,13H2,1-2H3. The van der Waals surface area contributed by atoms with Crippen LogP contribution >= 0.6 is 23.1 Å². The number of carbonyl (C=O) groups excluding carboxylic acids is 1. The van der Waals surface area contributed by atoms with Gasteiger partial charge in [0, 0.05) is 23.0 Å². The van der Waals surface area contributed by atoms with Crippen molar-refractivity contribution in [2.45, 2.75) is 43.8 Å². The smallest absolute Gasteiger partial charge is 0.230 e. The Morgan fingerprint density at radius 3 is 2.70 bits per heavy atom. The quantitative estimate of drug-likeness (QED) is 0.504. The highest BCUT2D eigenvalue weighted by molar-refractivity contribution is 7.98. The minimum absolute atomic E-state index is 0.0222. The first-order valence-electron chi connectivity index (χ1n) is 9.16. The molecule has 0 spiro atoms. The van der Waals surface area contributed by atoms with Crippen LogP contribution < -0.4 is 4.90 Å². The fraction of sp³-hybridized carbons (Fsp3) is 0.273. The van der Waals surface area contributed by atoms with Crippen molar-refractivity contribution in [3.8, 4) is 0 Å². The third-order valence-electron chi connectivity index (χ3n) is 4.79. The highest BCUT2D eigenvalue weighted by Gasteiger charge is 2.18. The van der Waals surface area contributed by atoms with Crippen LogP contribution in [0.15, 0.2) is 52.7 Å². The average molecular weight is 395 g/mol. The molecule has 0 saturated heterocycles. The molecule has 0 atom stereocenters. The van der Waals surface area contributed by atoms with Gasteiger partial charge in [0.05, 0.1) is 11.4 Å². The third kappa shape index (κ3) is 4.09. The van der Waals surface area contributed by atoms with Crippen molar-refractivity contribution in [1.29, 1.82) is 0 Å². The molecule has 5 heteroatoms. The lowest BCUT2D eigenvalue weighted by Gasteiger charge is -2.18. The average Bonchev–Trinajstić information content (AvgIpc) is 3.30. The molecule has 0 unspecified atom stereocenters. The second kappa shape index (κ2) is 7.87. The Hall–Kier alpha value is -2.11. The number of amides is 1. The van der Waals surface area contributed by atoms with Crippen LogP contribution in [0.25, 0.3) is 0 Å². The fourth-order valence-corrected chi connectivity index (χ4v) is 5.23. The Balaban J connectivity index is 1.48. The number of anilines is 2. The molecule has 1 heterocycles. The molecule has 0 radical (unpaired) electrons. The molecule has 2 aromatic carbocycles. The molecule has 1 aliphatic rings. The Bertz CT molecular complexity index is 963. The number of carbonyl (C=O) groups is 1. The molecule has 27 heavy (non-hydrogen) atoms. The lowest BCUT2D eigenvalue weighted by atomic mass is 10.1. The molecule has 3 aromatic rings. The van der Waals surface area contributed by atoms with E-state index in [-0.39, 0.29) is 5.91 Å². The number of thiazole rings is 1. The molecule has 0 bridgehead atoms. The molecule has 3 nitrogen and oxygen atoms in total. The summed E-state index contributed by atoms with van der Waals surface area (Å²) in [5.74, 6) is 0.792. The molecule has 1 amide bonds. The van der Waals surface area contributed by atoms with Gasteiger partial charge in [0.2, 0.25) is 5.91 Å². The number of benzene rings is 2. The molecule has 0 aliphatic heterocycles. The van der Waals surface area contributed by atoms with Crippen molar-refractivity contribution in [3.05, 3.63) is 70.2 Å². The second-order valence-corrected chi connectivity index (χ2v) is 8.77. The van der Waals surface area contributed by atoms with E-state index >= 15 is 0 Å². The van der Waals surface area contributed by atoms with E-state index in [2.05, 4.69) is 23.6 Å². The molecular weight excluding hydrogens is 372 g/mol. The summed E-state index contributed by atoms with van der Waals surface area (Å²) in [6.07, 6.45) is 3.70. The largest absolute Gasteiger partial charge is 0.274 e. The highest BCUT2D eigenvalue weighted by Crippen LogP contribution is 2.33. The van der Waals surface area contributed by atoms with Crippen LogP contribution in [-0.2, 0) is 23.4 Å². The topological polar surface area (TPSA) is 33.2 Å². The van der Waals surface area contributed by atoms with Gasteiger partial charge in [-0.3, -0.25) is 9.69 Å². The molecule has 138 valence electrons. The Kier molecular flexibility index (Phi) is 5.32. The highest BCUT2D eigenvalue weighted by atomic mass is 32.2. The number of aryl methyl sites for hydroxylation is 3. The van der Waals surface area contributed by atoms with Crippen molar-refractivity contribution in [2.75, 3.05) is 4.90 Å². The Morgan fingerprint density at radius 1 is 1.15 bits per heavy atom. The second-order valence-electron chi connectivity index (χ2n) is 6.88. The number of fused-ring (bicyclic) bond motifs is 1. The van der Waals surface area contributed by atoms with Crippen molar-refractivity contribution < 1.29 is 4.79 Å². The van der Waals surface area contributed by atoms with Crippen LogP contribution in [0.1, 0.15) is 35.7 Å². The van der Waals surface area contributed by atoms with Gasteiger partial charge in [0.15, 0.2) is 5.13 Å². The monoisotopic (exact) mass is 394 g/mol. The van der Waals surface area contributed by atoms with E-state index in [0.717, 1.165) is 22.3 Å². The molecule has 0 N–H and O–H groups in total. The summed E-state index contributed by atoms with van der Waals surface area (Å²) in [7, 11) is 0. The van der Waals surface area contributed by atoms with Crippen LogP contribution in [0.4, 0.5) is 10.8 Å². The Morgan fingerprint density at radius 2 is 1.93 bits per heavy atom. The van der Waals surface area contributed by atoms with E-state index in [1.807, 2.05) is 43.0 Å². The van der Waals surface area contributed by atoms with E-state index < -0.39 is 0 Å². The molecular formula is C22H22N2OS2. The van der Waals surface area contributed by atoms with Gasteiger partial charge >= 0.3 is 0 Å². The number of aromatic nitrogens is 1. The molecule has 0 saturated carbocycles. The van der Waals surface area contributed by atoms with Crippen LogP contribution in [0.3, 0.4) is 0 Å². The number of hydrogen-bond acceptors (Lipinski definition) is 4. The SMILES string of the molecule is CC(=O)N(c1ccc(C)cc1)c1nc(CSc2ccc3c(c2)CCC3)cs1. The van der Waals surface area contributed by atoms with E-state index in [4.69, 9.17) is 4.98 Å². The maximum Gasteiger partial charge on any atom is 0.230 e. The number of nitrogens with zero attached hydrogens (tertiary/aromatic N) is 2. The number of hydrogen-bond donors (Lipinski definition) is 0. The van der Waals surface area contributed by atoms with Crippen molar-refractivity contribution >= 4 is 39.8 Å². The zero-order valence-electron chi connectivity index (χ0n) is 15.6. The van der Waals surface area contributed by atoms with Gasteiger partial charge in [-0.2, -0.15) is 0 Å².